The van der Waals surface area contributed by atoms with E-state index in [0.29, 0.717) is 24.2 Å². The summed E-state index contributed by atoms with van der Waals surface area (Å²) in [7, 11) is 0. The fourth-order valence-corrected chi connectivity index (χ4v) is 4.06. The molecule has 1 aromatic carbocycles. The molecule has 1 aliphatic rings. The first-order valence-corrected chi connectivity index (χ1v) is 9.42. The van der Waals surface area contributed by atoms with Crippen molar-refractivity contribution in [2.75, 3.05) is 13.1 Å². The predicted octanol–water partition coefficient (Wildman–Crippen LogP) is 2.59. The highest BCUT2D eigenvalue weighted by Gasteiger charge is 2.29. The zero-order valence-electron chi connectivity index (χ0n) is 15.2. The predicted molar refractivity (Wildman–Crippen MR) is 105 cm³/mol. The molecule has 0 radical (unpaired) electrons. The van der Waals surface area contributed by atoms with Gasteiger partial charge in [-0.1, -0.05) is 24.3 Å². The molecule has 0 spiro atoms. The molecule has 0 bridgehead atoms. The Bertz CT molecular complexity index is 1240. The molecule has 28 heavy (non-hydrogen) atoms. The van der Waals surface area contributed by atoms with Crippen LogP contribution in [0.2, 0.25) is 0 Å². The molecule has 1 fully saturated rings. The lowest BCUT2D eigenvalue weighted by molar-refractivity contribution is 0.0706. The smallest absolute Gasteiger partial charge is 0.254 e. The van der Waals surface area contributed by atoms with Gasteiger partial charge in [-0.05, 0) is 31.0 Å². The molecule has 1 atom stereocenters. The van der Waals surface area contributed by atoms with Crippen molar-refractivity contribution in [2.24, 2.45) is 0 Å². The summed E-state index contributed by atoms with van der Waals surface area (Å²) in [5.74, 6) is 0.882. The van der Waals surface area contributed by atoms with Crippen LogP contribution in [0.1, 0.15) is 34.9 Å². The van der Waals surface area contributed by atoms with Crippen molar-refractivity contribution in [3.8, 4) is 0 Å². The molecule has 0 unspecified atom stereocenters. The van der Waals surface area contributed by atoms with E-state index in [0.717, 1.165) is 29.7 Å². The number of nitrogens with zero attached hydrogens (tertiary/aromatic N) is 4. The Morgan fingerprint density at radius 3 is 2.89 bits per heavy atom. The third-order valence-corrected chi connectivity index (χ3v) is 5.39. The number of aromatic nitrogens is 4. The molecule has 0 aliphatic carbocycles. The molecule has 5 rings (SSSR count). The second-order valence-corrected chi connectivity index (χ2v) is 7.17. The fourth-order valence-electron chi connectivity index (χ4n) is 4.06. The Morgan fingerprint density at radius 2 is 1.96 bits per heavy atom. The molecule has 1 amide bonds. The molecule has 0 saturated carbocycles. The highest BCUT2D eigenvalue weighted by molar-refractivity contribution is 6.06. The number of pyridine rings is 2. The highest BCUT2D eigenvalue weighted by Crippen LogP contribution is 2.28. The summed E-state index contributed by atoms with van der Waals surface area (Å²) >= 11 is 0. The number of para-hydroxylation sites is 1. The zero-order valence-corrected chi connectivity index (χ0v) is 15.2. The number of nitrogens with one attached hydrogen (secondary N) is 1. The Labute approximate surface area is 160 Å². The maximum atomic E-state index is 13.3. The summed E-state index contributed by atoms with van der Waals surface area (Å²) in [6.07, 6.45) is 3.80. The van der Waals surface area contributed by atoms with Crippen LogP contribution >= 0.6 is 0 Å². The number of rotatable bonds is 2. The van der Waals surface area contributed by atoms with E-state index in [-0.39, 0.29) is 17.4 Å². The molecule has 4 heterocycles. The van der Waals surface area contributed by atoms with Gasteiger partial charge in [0.05, 0.1) is 5.56 Å². The van der Waals surface area contributed by atoms with Gasteiger partial charge in [0.15, 0.2) is 5.65 Å². The van der Waals surface area contributed by atoms with Gasteiger partial charge in [0.2, 0.25) is 5.56 Å². The molecule has 7 heteroatoms. The Kier molecular flexibility index (Phi) is 3.93. The lowest BCUT2D eigenvalue weighted by atomic mass is 9.96. The number of hydrogen-bond donors (Lipinski definition) is 1. The molecule has 1 saturated heterocycles. The molecular weight excluding hydrogens is 354 g/mol. The van der Waals surface area contributed by atoms with E-state index in [1.165, 1.54) is 6.07 Å². The van der Waals surface area contributed by atoms with Gasteiger partial charge in [-0.15, -0.1) is 10.2 Å². The average molecular weight is 373 g/mol. The van der Waals surface area contributed by atoms with Gasteiger partial charge < -0.3 is 9.88 Å². The molecule has 1 aliphatic heterocycles. The number of hydrogen-bond acceptors (Lipinski definition) is 4. The van der Waals surface area contributed by atoms with E-state index in [9.17, 15) is 9.59 Å². The van der Waals surface area contributed by atoms with Crippen LogP contribution in [0.3, 0.4) is 0 Å². The van der Waals surface area contributed by atoms with Gasteiger partial charge in [-0.25, -0.2) is 0 Å². The summed E-state index contributed by atoms with van der Waals surface area (Å²) in [6, 6.07) is 14.6. The third-order valence-electron chi connectivity index (χ3n) is 5.39. The van der Waals surface area contributed by atoms with Crippen LogP contribution < -0.4 is 5.56 Å². The fraction of sp³-hybridized carbons (Fsp3) is 0.238. The monoisotopic (exact) mass is 373 g/mol. The number of carbonyl (C=O) groups excluding carboxylic acids is 1. The first kappa shape index (κ1) is 16.7. The van der Waals surface area contributed by atoms with E-state index in [2.05, 4.69) is 15.2 Å². The van der Waals surface area contributed by atoms with Crippen LogP contribution in [0.15, 0.2) is 59.5 Å². The van der Waals surface area contributed by atoms with Gasteiger partial charge in [0.25, 0.3) is 5.91 Å². The first-order valence-electron chi connectivity index (χ1n) is 9.42. The second kappa shape index (κ2) is 6.60. The molecule has 3 aromatic heterocycles. The van der Waals surface area contributed by atoms with Crippen LogP contribution in [0, 0.1) is 0 Å². The number of benzene rings is 1. The Hall–Kier alpha value is -3.48. The Morgan fingerprint density at radius 1 is 1.11 bits per heavy atom. The van der Waals surface area contributed by atoms with E-state index >= 15 is 0 Å². The molecule has 1 N–H and O–H groups in total. The minimum atomic E-state index is -0.265. The number of carbonyl (C=O) groups is 1. The number of piperidine rings is 1. The highest BCUT2D eigenvalue weighted by atomic mass is 16.2. The maximum absolute atomic E-state index is 13.3. The van der Waals surface area contributed by atoms with Crippen molar-refractivity contribution in [1.29, 1.82) is 0 Å². The number of fused-ring (bicyclic) bond motifs is 2. The van der Waals surface area contributed by atoms with Crippen molar-refractivity contribution in [3.63, 3.8) is 0 Å². The Balaban J connectivity index is 1.49. The minimum absolute atomic E-state index is 0.110. The SMILES string of the molecule is O=C(c1cc(=O)[nH]c2ccccc12)N1CCC[C@H](c2nnc3ccccn23)C1. The van der Waals surface area contributed by atoms with Gasteiger partial charge in [-0.2, -0.15) is 0 Å². The zero-order chi connectivity index (χ0) is 19.1. The van der Waals surface area contributed by atoms with Gasteiger partial charge >= 0.3 is 0 Å². The first-order chi connectivity index (χ1) is 13.7. The van der Waals surface area contributed by atoms with Gasteiger partial charge in [0.1, 0.15) is 5.82 Å². The summed E-state index contributed by atoms with van der Waals surface area (Å²) in [4.78, 5) is 29.9. The number of amides is 1. The topological polar surface area (TPSA) is 83.4 Å². The van der Waals surface area contributed by atoms with Crippen LogP contribution in [0.5, 0.6) is 0 Å². The number of likely N-dealkylation sites (tertiary alicyclic amines) is 1. The molecule has 140 valence electrons. The van der Waals surface area contributed by atoms with Crippen LogP contribution in [-0.2, 0) is 0 Å². The molecule has 4 aromatic rings. The largest absolute Gasteiger partial charge is 0.338 e. The van der Waals surface area contributed by atoms with Crippen molar-refractivity contribution < 1.29 is 4.79 Å². The van der Waals surface area contributed by atoms with E-state index < -0.39 is 0 Å². The molecular formula is C21H19N5O2. The normalized spacial score (nSPS) is 17.3. The van der Waals surface area contributed by atoms with Crippen LogP contribution in [0.25, 0.3) is 16.6 Å². The standard InChI is InChI=1S/C21H19N5O2/c27-19-12-16(15-7-1-2-8-17(15)22-19)21(28)25-10-5-6-14(13-25)20-24-23-18-9-3-4-11-26(18)20/h1-4,7-9,11-12,14H,5-6,10,13H2,(H,22,27)/t14-/m0/s1. The van der Waals surface area contributed by atoms with E-state index in [1.54, 1.807) is 0 Å². The van der Waals surface area contributed by atoms with Crippen LogP contribution in [-0.4, -0.2) is 43.5 Å². The maximum Gasteiger partial charge on any atom is 0.254 e. The van der Waals surface area contributed by atoms with E-state index in [1.807, 2.05) is 58.0 Å². The summed E-state index contributed by atoms with van der Waals surface area (Å²) in [5.41, 5.74) is 1.67. The summed E-state index contributed by atoms with van der Waals surface area (Å²) in [5, 5.41) is 9.37. The van der Waals surface area contributed by atoms with Crippen molar-refractivity contribution in [2.45, 2.75) is 18.8 Å². The van der Waals surface area contributed by atoms with E-state index in [4.69, 9.17) is 0 Å². The van der Waals surface area contributed by atoms with Crippen molar-refractivity contribution >= 4 is 22.5 Å². The number of aromatic amines is 1. The summed E-state index contributed by atoms with van der Waals surface area (Å²) in [6.45, 7) is 1.24. The summed E-state index contributed by atoms with van der Waals surface area (Å²) < 4.78 is 1.99. The van der Waals surface area contributed by atoms with Gasteiger partial charge in [-0.3, -0.25) is 14.0 Å². The lowest BCUT2D eigenvalue weighted by Gasteiger charge is -2.32. The minimum Gasteiger partial charge on any atom is -0.338 e. The second-order valence-electron chi connectivity index (χ2n) is 7.17. The molecule has 7 nitrogen and oxygen atoms in total. The van der Waals surface area contributed by atoms with Crippen molar-refractivity contribution in [1.82, 2.24) is 24.5 Å². The van der Waals surface area contributed by atoms with Crippen LogP contribution in [0.4, 0.5) is 0 Å². The third kappa shape index (κ3) is 2.76. The number of H-pyrrole nitrogens is 1. The van der Waals surface area contributed by atoms with Crippen molar-refractivity contribution in [3.05, 3.63) is 76.5 Å². The lowest BCUT2D eigenvalue weighted by Crippen LogP contribution is -2.40. The van der Waals surface area contributed by atoms with Gasteiger partial charge in [0, 0.05) is 42.2 Å². The quantitative estimate of drug-likeness (QED) is 0.585. The average Bonchev–Trinajstić information content (AvgIpc) is 3.17.